The Morgan fingerprint density at radius 1 is 1.22 bits per heavy atom. The molecule has 1 rings (SSSR count). The van der Waals surface area contributed by atoms with Crippen molar-refractivity contribution in [3.63, 3.8) is 0 Å². The molecule has 0 bridgehead atoms. The Bertz CT molecular complexity index is 343. The molecule has 0 aromatic heterocycles. The van der Waals surface area contributed by atoms with E-state index in [0.717, 1.165) is 37.4 Å². The van der Waals surface area contributed by atoms with Crippen LogP contribution in [0.2, 0.25) is 0 Å². The van der Waals surface area contributed by atoms with E-state index in [9.17, 15) is 0 Å². The molecule has 0 unspecified atom stereocenters. The molecule has 0 saturated heterocycles. The van der Waals surface area contributed by atoms with Crippen LogP contribution in [0.15, 0.2) is 36.4 Å². The summed E-state index contributed by atoms with van der Waals surface area (Å²) in [5.41, 5.74) is 2.43. The highest BCUT2D eigenvalue weighted by Gasteiger charge is 1.96. The topological polar surface area (TPSA) is 21.3 Å². The molecule has 0 aliphatic carbocycles. The molecule has 2 nitrogen and oxygen atoms in total. The first-order valence-electron chi connectivity index (χ1n) is 6.79. The number of ether oxygens (including phenoxy) is 1. The van der Waals surface area contributed by atoms with Gasteiger partial charge in [0.2, 0.25) is 0 Å². The molecule has 0 amide bonds. The molecule has 1 aromatic rings. The quantitative estimate of drug-likeness (QED) is 0.527. The van der Waals surface area contributed by atoms with Gasteiger partial charge in [0.05, 0.1) is 6.61 Å². The molecule has 0 radical (unpaired) electrons. The van der Waals surface area contributed by atoms with Crippen LogP contribution in [0.25, 0.3) is 0 Å². The molecule has 0 saturated carbocycles. The van der Waals surface area contributed by atoms with Crippen LogP contribution < -0.4 is 10.1 Å². The number of unbranched alkanes of at least 4 members (excludes halogenated alkanes) is 2. The lowest BCUT2D eigenvalue weighted by molar-refractivity contribution is 0.306. The van der Waals surface area contributed by atoms with Crippen LogP contribution >= 0.6 is 0 Å². The third-order valence-electron chi connectivity index (χ3n) is 2.70. The molecule has 1 aromatic carbocycles. The molecule has 1 N–H and O–H groups in total. The minimum atomic E-state index is 0.821. The first-order valence-corrected chi connectivity index (χ1v) is 6.79. The smallest absolute Gasteiger partial charge is 0.119 e. The predicted molar refractivity (Wildman–Crippen MR) is 78.0 cm³/mol. The fourth-order valence-electron chi connectivity index (χ4n) is 1.67. The second-order valence-electron chi connectivity index (χ2n) is 4.76. The van der Waals surface area contributed by atoms with Crippen molar-refractivity contribution >= 4 is 0 Å². The van der Waals surface area contributed by atoms with Crippen molar-refractivity contribution in [2.75, 3.05) is 13.2 Å². The standard InChI is InChI=1S/C16H25NO/c1-4-5-6-11-18-16-9-7-15(8-10-16)13-17-12-14(2)3/h7-10,17H,2,4-6,11-13H2,1,3H3. The molecule has 0 spiro atoms. The van der Waals surface area contributed by atoms with Gasteiger partial charge in [-0.15, -0.1) is 0 Å². The van der Waals surface area contributed by atoms with Crippen LogP contribution in [0.1, 0.15) is 38.7 Å². The fraction of sp³-hybridized carbons (Fsp3) is 0.500. The number of hydrogen-bond acceptors (Lipinski definition) is 2. The van der Waals surface area contributed by atoms with Gasteiger partial charge in [0.25, 0.3) is 0 Å². The molecule has 2 heteroatoms. The van der Waals surface area contributed by atoms with Crippen LogP contribution in [0.5, 0.6) is 5.75 Å². The van der Waals surface area contributed by atoms with Crippen molar-refractivity contribution in [1.82, 2.24) is 5.32 Å². The van der Waals surface area contributed by atoms with Crippen molar-refractivity contribution in [2.45, 2.75) is 39.7 Å². The summed E-state index contributed by atoms with van der Waals surface area (Å²) < 4.78 is 5.67. The number of benzene rings is 1. The van der Waals surface area contributed by atoms with Crippen molar-refractivity contribution in [3.05, 3.63) is 42.0 Å². The van der Waals surface area contributed by atoms with Gasteiger partial charge in [-0.2, -0.15) is 0 Å². The molecule has 100 valence electrons. The highest BCUT2D eigenvalue weighted by Crippen LogP contribution is 2.12. The summed E-state index contributed by atoms with van der Waals surface area (Å²) in [5, 5.41) is 3.34. The van der Waals surface area contributed by atoms with Crippen LogP contribution in [0.3, 0.4) is 0 Å². The predicted octanol–water partition coefficient (Wildman–Crippen LogP) is 3.92. The third kappa shape index (κ3) is 6.45. The minimum absolute atomic E-state index is 0.821. The molecule has 0 atom stereocenters. The molecule has 0 fully saturated rings. The van der Waals surface area contributed by atoms with Crippen molar-refractivity contribution in [3.8, 4) is 5.75 Å². The van der Waals surface area contributed by atoms with Gasteiger partial charge < -0.3 is 10.1 Å². The van der Waals surface area contributed by atoms with Gasteiger partial charge in [-0.25, -0.2) is 0 Å². The lowest BCUT2D eigenvalue weighted by Gasteiger charge is -2.08. The zero-order valence-corrected chi connectivity index (χ0v) is 11.7. The number of rotatable bonds is 9. The largest absolute Gasteiger partial charge is 0.494 e. The van der Waals surface area contributed by atoms with Gasteiger partial charge in [0.1, 0.15) is 5.75 Å². The van der Waals surface area contributed by atoms with Crippen molar-refractivity contribution in [1.29, 1.82) is 0 Å². The summed E-state index contributed by atoms with van der Waals surface area (Å²) >= 11 is 0. The second-order valence-corrected chi connectivity index (χ2v) is 4.76. The van der Waals surface area contributed by atoms with Gasteiger partial charge in [-0.1, -0.05) is 44.1 Å². The van der Waals surface area contributed by atoms with Gasteiger partial charge in [0.15, 0.2) is 0 Å². The Kier molecular flexibility index (Phi) is 7.19. The molecular formula is C16H25NO. The Labute approximate surface area is 111 Å². The lowest BCUT2D eigenvalue weighted by atomic mass is 10.2. The average molecular weight is 247 g/mol. The van der Waals surface area contributed by atoms with Crippen LogP contribution in [-0.2, 0) is 6.54 Å². The molecule has 0 heterocycles. The third-order valence-corrected chi connectivity index (χ3v) is 2.70. The lowest BCUT2D eigenvalue weighted by Crippen LogP contribution is -2.14. The monoisotopic (exact) mass is 247 g/mol. The maximum absolute atomic E-state index is 5.67. The van der Waals surface area contributed by atoms with E-state index in [0.29, 0.717) is 0 Å². The first-order chi connectivity index (χ1) is 8.72. The summed E-state index contributed by atoms with van der Waals surface area (Å²) in [6, 6.07) is 8.31. The highest BCUT2D eigenvalue weighted by atomic mass is 16.5. The van der Waals surface area contributed by atoms with Crippen LogP contribution in [0.4, 0.5) is 0 Å². The van der Waals surface area contributed by atoms with E-state index in [1.54, 1.807) is 0 Å². The van der Waals surface area contributed by atoms with Gasteiger partial charge >= 0.3 is 0 Å². The van der Waals surface area contributed by atoms with E-state index in [4.69, 9.17) is 4.74 Å². The SMILES string of the molecule is C=C(C)CNCc1ccc(OCCCCC)cc1. The zero-order chi connectivity index (χ0) is 13.2. The Morgan fingerprint density at radius 2 is 1.94 bits per heavy atom. The summed E-state index contributed by atoms with van der Waals surface area (Å²) in [6.07, 6.45) is 3.61. The Balaban J connectivity index is 2.26. The van der Waals surface area contributed by atoms with E-state index in [-0.39, 0.29) is 0 Å². The van der Waals surface area contributed by atoms with Crippen LogP contribution in [0, 0.1) is 0 Å². The summed E-state index contributed by atoms with van der Waals surface area (Å²) in [5.74, 6) is 0.967. The summed E-state index contributed by atoms with van der Waals surface area (Å²) in [7, 11) is 0. The first kappa shape index (κ1) is 14.8. The zero-order valence-electron chi connectivity index (χ0n) is 11.7. The van der Waals surface area contributed by atoms with Crippen LogP contribution in [-0.4, -0.2) is 13.2 Å². The maximum Gasteiger partial charge on any atom is 0.119 e. The number of nitrogens with one attached hydrogen (secondary N) is 1. The second kappa shape index (κ2) is 8.76. The van der Waals surface area contributed by atoms with Gasteiger partial charge in [-0.3, -0.25) is 0 Å². The van der Waals surface area contributed by atoms with E-state index >= 15 is 0 Å². The summed E-state index contributed by atoms with van der Waals surface area (Å²) in [6.45, 7) is 10.7. The normalized spacial score (nSPS) is 10.3. The van der Waals surface area contributed by atoms with Gasteiger partial charge in [0, 0.05) is 13.1 Å². The molecule has 0 aliphatic heterocycles. The Hall–Kier alpha value is -1.28. The van der Waals surface area contributed by atoms with Gasteiger partial charge in [-0.05, 0) is 31.0 Å². The van der Waals surface area contributed by atoms with E-state index in [1.807, 2.05) is 19.1 Å². The average Bonchev–Trinajstić information content (AvgIpc) is 2.36. The molecule has 18 heavy (non-hydrogen) atoms. The van der Waals surface area contributed by atoms with E-state index in [2.05, 4.69) is 31.0 Å². The van der Waals surface area contributed by atoms with E-state index < -0.39 is 0 Å². The van der Waals surface area contributed by atoms with Crippen molar-refractivity contribution < 1.29 is 4.74 Å². The molecular weight excluding hydrogens is 222 g/mol. The fourth-order valence-corrected chi connectivity index (χ4v) is 1.67. The maximum atomic E-state index is 5.67. The minimum Gasteiger partial charge on any atom is -0.494 e. The number of hydrogen-bond donors (Lipinski definition) is 1. The molecule has 0 aliphatic rings. The highest BCUT2D eigenvalue weighted by molar-refractivity contribution is 5.27. The Morgan fingerprint density at radius 3 is 2.56 bits per heavy atom. The van der Waals surface area contributed by atoms with E-state index in [1.165, 1.54) is 18.4 Å². The summed E-state index contributed by atoms with van der Waals surface area (Å²) in [4.78, 5) is 0. The van der Waals surface area contributed by atoms with Crippen molar-refractivity contribution in [2.24, 2.45) is 0 Å².